The van der Waals surface area contributed by atoms with Crippen LogP contribution in [-0.4, -0.2) is 24.3 Å². The lowest BCUT2D eigenvalue weighted by Gasteiger charge is -2.24. The van der Waals surface area contributed by atoms with E-state index in [1.807, 2.05) is 73.7 Å². The van der Waals surface area contributed by atoms with Gasteiger partial charge in [0.2, 0.25) is 0 Å². The van der Waals surface area contributed by atoms with Gasteiger partial charge >= 0.3 is 5.97 Å². The van der Waals surface area contributed by atoms with Crippen molar-refractivity contribution in [1.29, 1.82) is 0 Å². The van der Waals surface area contributed by atoms with Gasteiger partial charge < -0.3 is 14.2 Å². The maximum absolute atomic E-state index is 13.9. The van der Waals surface area contributed by atoms with E-state index in [1.165, 1.54) is 11.3 Å². The molecule has 7 nitrogen and oxygen atoms in total. The van der Waals surface area contributed by atoms with Crippen LogP contribution in [0.4, 0.5) is 0 Å². The van der Waals surface area contributed by atoms with Gasteiger partial charge in [0, 0.05) is 4.47 Å². The highest BCUT2D eigenvalue weighted by Crippen LogP contribution is 2.35. The second-order valence-corrected chi connectivity index (χ2v) is 12.7. The Morgan fingerprint density at radius 2 is 1.83 bits per heavy atom. The number of ether oxygens (including phenoxy) is 3. The number of carbonyl (C=O) groups is 1. The zero-order valence-corrected chi connectivity index (χ0v) is 28.0. The van der Waals surface area contributed by atoms with Crippen LogP contribution >= 0.6 is 49.9 Å². The topological polar surface area (TPSA) is 79.1 Å². The second-order valence-electron chi connectivity index (χ2n) is 9.66. The van der Waals surface area contributed by atoms with E-state index in [0.29, 0.717) is 38.7 Å². The molecule has 0 saturated heterocycles. The van der Waals surface area contributed by atoms with E-state index in [-0.39, 0.29) is 12.2 Å². The molecule has 0 bridgehead atoms. The van der Waals surface area contributed by atoms with Gasteiger partial charge in [0.05, 0.1) is 39.1 Å². The van der Waals surface area contributed by atoms with Crippen molar-refractivity contribution in [2.24, 2.45) is 4.99 Å². The molecule has 42 heavy (non-hydrogen) atoms. The normalized spacial score (nSPS) is 14.8. The average Bonchev–Trinajstić information content (AvgIpc) is 3.26. The number of esters is 1. The van der Waals surface area contributed by atoms with Crippen LogP contribution in [0.2, 0.25) is 0 Å². The highest BCUT2D eigenvalue weighted by Gasteiger charge is 2.33. The minimum Gasteiger partial charge on any atom is -0.493 e. The molecule has 5 rings (SSSR count). The van der Waals surface area contributed by atoms with Gasteiger partial charge in [-0.25, -0.2) is 9.79 Å². The van der Waals surface area contributed by atoms with E-state index in [4.69, 9.17) is 14.2 Å². The third kappa shape index (κ3) is 6.25. The van der Waals surface area contributed by atoms with Crippen molar-refractivity contribution < 1.29 is 19.0 Å². The zero-order chi connectivity index (χ0) is 30.0. The third-order valence-corrected chi connectivity index (χ3v) is 9.07. The minimum atomic E-state index is -0.646. The summed E-state index contributed by atoms with van der Waals surface area (Å²) < 4.78 is 21.1. The molecule has 0 aliphatic carbocycles. The number of nitrogens with zero attached hydrogens (tertiary/aromatic N) is 2. The molecule has 1 aliphatic rings. The predicted octanol–water partition coefficient (Wildman–Crippen LogP) is 6.06. The summed E-state index contributed by atoms with van der Waals surface area (Å²) in [6, 6.07) is 18.9. The molecule has 0 amide bonds. The average molecular weight is 759 g/mol. The van der Waals surface area contributed by atoms with Crippen molar-refractivity contribution >= 4 is 61.9 Å². The summed E-state index contributed by atoms with van der Waals surface area (Å²) in [7, 11) is 1.59. The Labute approximate surface area is 269 Å². The number of allylic oxidation sites excluding steroid dienone is 1. The molecule has 10 heteroatoms. The van der Waals surface area contributed by atoms with Gasteiger partial charge in [-0.15, -0.1) is 0 Å². The molecule has 0 saturated carbocycles. The first kappa shape index (κ1) is 30.2. The third-order valence-electron chi connectivity index (χ3n) is 6.76. The van der Waals surface area contributed by atoms with E-state index in [9.17, 15) is 9.59 Å². The monoisotopic (exact) mass is 758 g/mol. The summed E-state index contributed by atoms with van der Waals surface area (Å²) >= 11 is 6.95. The van der Waals surface area contributed by atoms with Crippen LogP contribution in [-0.2, 0) is 16.1 Å². The first-order valence-electron chi connectivity index (χ1n) is 13.2. The van der Waals surface area contributed by atoms with Gasteiger partial charge in [0.1, 0.15) is 6.61 Å². The lowest BCUT2D eigenvalue weighted by Crippen LogP contribution is -2.39. The van der Waals surface area contributed by atoms with E-state index in [0.717, 1.165) is 30.3 Å². The fourth-order valence-corrected chi connectivity index (χ4v) is 6.80. The zero-order valence-electron chi connectivity index (χ0n) is 23.4. The van der Waals surface area contributed by atoms with Gasteiger partial charge in [0.15, 0.2) is 16.3 Å². The van der Waals surface area contributed by atoms with Gasteiger partial charge in [-0.3, -0.25) is 9.36 Å². The summed E-state index contributed by atoms with van der Waals surface area (Å²) in [5.74, 6) is 0.723. The quantitative estimate of drug-likeness (QED) is 0.161. The van der Waals surface area contributed by atoms with E-state index < -0.39 is 12.0 Å². The number of thiazole rings is 1. The largest absolute Gasteiger partial charge is 0.493 e. The van der Waals surface area contributed by atoms with Crippen LogP contribution in [0.3, 0.4) is 0 Å². The van der Waals surface area contributed by atoms with E-state index in [1.54, 1.807) is 25.5 Å². The smallest absolute Gasteiger partial charge is 0.338 e. The first-order valence-corrected chi connectivity index (χ1v) is 15.9. The lowest BCUT2D eigenvalue weighted by atomic mass is 9.95. The van der Waals surface area contributed by atoms with Crippen LogP contribution in [0.1, 0.15) is 42.1 Å². The van der Waals surface area contributed by atoms with Crippen LogP contribution in [0, 0.1) is 10.5 Å². The van der Waals surface area contributed by atoms with Crippen LogP contribution in [0.25, 0.3) is 6.08 Å². The van der Waals surface area contributed by atoms with Crippen molar-refractivity contribution in [2.45, 2.75) is 33.4 Å². The fourth-order valence-electron chi connectivity index (χ4n) is 4.71. The molecule has 4 aromatic rings. The van der Waals surface area contributed by atoms with Gasteiger partial charge in [-0.05, 0) is 90.4 Å². The van der Waals surface area contributed by atoms with Gasteiger partial charge in [0.25, 0.3) is 5.56 Å². The van der Waals surface area contributed by atoms with Crippen molar-refractivity contribution in [1.82, 2.24) is 4.57 Å². The molecule has 0 unspecified atom stereocenters. The molecule has 0 N–H and O–H groups in total. The lowest BCUT2D eigenvalue weighted by molar-refractivity contribution is -0.139. The Hall–Kier alpha value is -3.22. The molecule has 1 aliphatic heterocycles. The van der Waals surface area contributed by atoms with Crippen LogP contribution < -0.4 is 24.4 Å². The van der Waals surface area contributed by atoms with E-state index in [2.05, 4.69) is 43.5 Å². The van der Waals surface area contributed by atoms with Crippen LogP contribution in [0.15, 0.2) is 86.2 Å². The van der Waals surface area contributed by atoms with Crippen molar-refractivity contribution in [2.75, 3.05) is 13.7 Å². The number of rotatable bonds is 8. The van der Waals surface area contributed by atoms with Crippen molar-refractivity contribution in [3.8, 4) is 11.5 Å². The molecule has 0 fully saturated rings. The maximum atomic E-state index is 13.9. The molecule has 216 valence electrons. The molecular weight excluding hydrogens is 731 g/mol. The first-order chi connectivity index (χ1) is 20.2. The number of carbonyl (C=O) groups excluding carboxylic acids is 1. The summed E-state index contributed by atoms with van der Waals surface area (Å²) in [5.41, 5.74) is 4.38. The molecule has 3 aromatic carbocycles. The summed E-state index contributed by atoms with van der Waals surface area (Å²) in [4.78, 5) is 32.2. The summed E-state index contributed by atoms with van der Waals surface area (Å²) in [6.07, 6.45) is 1.82. The van der Waals surface area contributed by atoms with Crippen molar-refractivity contribution in [3.05, 3.63) is 122 Å². The Kier molecular flexibility index (Phi) is 9.34. The Balaban J connectivity index is 1.56. The molecule has 0 spiro atoms. The van der Waals surface area contributed by atoms with Crippen LogP contribution in [0.5, 0.6) is 11.5 Å². The van der Waals surface area contributed by atoms with E-state index >= 15 is 0 Å². The van der Waals surface area contributed by atoms with Gasteiger partial charge in [-0.2, -0.15) is 0 Å². The number of aryl methyl sites for hydroxylation is 1. The number of hydrogen-bond donors (Lipinski definition) is 0. The number of fused-ring (bicyclic) bond motifs is 1. The van der Waals surface area contributed by atoms with Crippen molar-refractivity contribution in [3.63, 3.8) is 0 Å². The highest BCUT2D eigenvalue weighted by molar-refractivity contribution is 14.1. The molecule has 1 atom stereocenters. The standard InChI is InChI=1S/C32H28BrIN2O5S/c1-5-40-31(38)27-19(3)35-32-36(28(27)22-10-6-18(2)7-11-22)30(37)26(42-32)16-21-14-24(34)29(25(15-21)39-4)41-17-20-8-12-23(33)13-9-20/h6-16,28H,5,17H2,1-4H3/b26-16+/t28-/m0/s1. The molecule has 1 aromatic heterocycles. The Morgan fingerprint density at radius 1 is 1.12 bits per heavy atom. The number of hydrogen-bond acceptors (Lipinski definition) is 7. The number of methoxy groups -OCH3 is 1. The SMILES string of the molecule is CCOC(=O)C1=C(C)N=c2s/c(=C/c3cc(I)c(OCc4ccc(Br)cc4)c(OC)c3)c(=O)n2[C@H]1c1ccc(C)cc1. The number of benzene rings is 3. The molecule has 0 radical (unpaired) electrons. The maximum Gasteiger partial charge on any atom is 0.338 e. The fraction of sp³-hybridized carbons (Fsp3) is 0.219. The summed E-state index contributed by atoms with van der Waals surface area (Å²) in [5, 5.41) is 0. The minimum absolute atomic E-state index is 0.226. The van der Waals surface area contributed by atoms with Gasteiger partial charge in [-0.1, -0.05) is 69.2 Å². The molecular formula is C32H28BrIN2O5S. The predicted molar refractivity (Wildman–Crippen MR) is 176 cm³/mol. The Bertz CT molecular complexity index is 1860. The molecule has 2 heterocycles. The number of aromatic nitrogens is 1. The second kappa shape index (κ2) is 13.0. The Morgan fingerprint density at radius 3 is 2.50 bits per heavy atom. The highest BCUT2D eigenvalue weighted by atomic mass is 127. The number of halogens is 2. The summed E-state index contributed by atoms with van der Waals surface area (Å²) in [6.45, 7) is 6.15.